The molecule has 2 atom stereocenters. The lowest BCUT2D eigenvalue weighted by Crippen LogP contribution is -2.28. The molecular weight excluding hydrogens is 348 g/mol. The molecule has 0 aliphatic carbocycles. The van der Waals surface area contributed by atoms with Gasteiger partial charge in [-0.15, -0.1) is 0 Å². The van der Waals surface area contributed by atoms with E-state index in [1.807, 2.05) is 13.8 Å². The number of carbonyl (C=O) groups excluding carboxylic acids is 1. The SMILES string of the molecule is Cc1ccc(F)c2c1C(CCNC(=O)c1cc3cccc(F)c3[nH]1)C(C)N2. The van der Waals surface area contributed by atoms with Crippen molar-refractivity contribution in [2.24, 2.45) is 0 Å². The van der Waals surface area contributed by atoms with Crippen LogP contribution in [0.2, 0.25) is 0 Å². The average molecular weight is 369 g/mol. The second-order valence-corrected chi connectivity index (χ2v) is 7.12. The summed E-state index contributed by atoms with van der Waals surface area (Å²) in [5.41, 5.74) is 3.27. The molecular formula is C21H21F2N3O. The Morgan fingerprint density at radius 3 is 2.78 bits per heavy atom. The maximum absolute atomic E-state index is 14.1. The smallest absolute Gasteiger partial charge is 0.267 e. The molecule has 1 amide bonds. The normalized spacial score (nSPS) is 18.4. The summed E-state index contributed by atoms with van der Waals surface area (Å²) < 4.78 is 27.8. The van der Waals surface area contributed by atoms with Gasteiger partial charge in [-0.05, 0) is 49.6 Å². The second kappa shape index (κ2) is 6.68. The number of H-pyrrole nitrogens is 1. The van der Waals surface area contributed by atoms with Gasteiger partial charge in [0, 0.05) is 23.9 Å². The van der Waals surface area contributed by atoms with E-state index in [2.05, 4.69) is 15.6 Å². The molecule has 0 spiro atoms. The maximum atomic E-state index is 14.1. The van der Waals surface area contributed by atoms with Crippen LogP contribution in [0.1, 0.15) is 40.9 Å². The van der Waals surface area contributed by atoms with E-state index in [0.29, 0.717) is 35.2 Å². The number of nitrogens with one attached hydrogen (secondary N) is 3. The van der Waals surface area contributed by atoms with Crippen LogP contribution in [0.3, 0.4) is 0 Å². The lowest BCUT2D eigenvalue weighted by molar-refractivity contribution is 0.0948. The third-order valence-electron chi connectivity index (χ3n) is 5.35. The minimum atomic E-state index is -0.383. The molecule has 0 saturated heterocycles. The van der Waals surface area contributed by atoms with E-state index in [-0.39, 0.29) is 29.5 Å². The van der Waals surface area contributed by atoms with Crippen molar-refractivity contribution in [1.82, 2.24) is 10.3 Å². The average Bonchev–Trinajstić information content (AvgIpc) is 3.22. The van der Waals surface area contributed by atoms with E-state index in [0.717, 1.165) is 11.1 Å². The van der Waals surface area contributed by atoms with Gasteiger partial charge in [-0.25, -0.2) is 8.78 Å². The number of carbonyl (C=O) groups is 1. The molecule has 6 heteroatoms. The molecule has 27 heavy (non-hydrogen) atoms. The minimum absolute atomic E-state index is 0.0923. The van der Waals surface area contributed by atoms with Gasteiger partial charge in [-0.3, -0.25) is 4.79 Å². The third-order valence-corrected chi connectivity index (χ3v) is 5.35. The van der Waals surface area contributed by atoms with Crippen LogP contribution in [0, 0.1) is 18.6 Å². The Hall–Kier alpha value is -2.89. The molecule has 0 radical (unpaired) electrons. The quantitative estimate of drug-likeness (QED) is 0.635. The summed E-state index contributed by atoms with van der Waals surface area (Å²) >= 11 is 0. The van der Waals surface area contributed by atoms with Crippen molar-refractivity contribution in [2.45, 2.75) is 32.2 Å². The first-order valence-electron chi connectivity index (χ1n) is 9.06. The van der Waals surface area contributed by atoms with E-state index >= 15 is 0 Å². The number of hydrogen-bond acceptors (Lipinski definition) is 2. The van der Waals surface area contributed by atoms with Crippen molar-refractivity contribution in [3.63, 3.8) is 0 Å². The first kappa shape index (κ1) is 17.5. The Morgan fingerprint density at radius 2 is 2.00 bits per heavy atom. The van der Waals surface area contributed by atoms with Gasteiger partial charge in [-0.1, -0.05) is 18.2 Å². The van der Waals surface area contributed by atoms with Gasteiger partial charge in [0.05, 0.1) is 11.2 Å². The Morgan fingerprint density at radius 1 is 1.19 bits per heavy atom. The molecule has 3 N–H and O–H groups in total. The first-order valence-corrected chi connectivity index (χ1v) is 9.06. The number of fused-ring (bicyclic) bond motifs is 2. The molecule has 3 aromatic rings. The first-order chi connectivity index (χ1) is 13.0. The fraction of sp³-hybridized carbons (Fsp3) is 0.286. The predicted molar refractivity (Wildman–Crippen MR) is 102 cm³/mol. The summed E-state index contributed by atoms with van der Waals surface area (Å²) in [6.45, 7) is 4.44. The van der Waals surface area contributed by atoms with Gasteiger partial charge in [0.25, 0.3) is 5.91 Å². The number of anilines is 1. The standard InChI is InChI=1S/C21H21F2N3O/c1-11-6-7-16(23)20-18(11)14(12(2)25-20)8-9-24-21(27)17-10-13-4-3-5-15(22)19(13)26-17/h3-7,10,12,14,25-26H,8-9H2,1-2H3,(H,24,27). The van der Waals surface area contributed by atoms with E-state index < -0.39 is 0 Å². The van der Waals surface area contributed by atoms with Crippen LogP contribution >= 0.6 is 0 Å². The van der Waals surface area contributed by atoms with Crippen molar-refractivity contribution in [3.05, 3.63) is 64.9 Å². The van der Waals surface area contributed by atoms with Gasteiger partial charge < -0.3 is 15.6 Å². The lowest BCUT2D eigenvalue weighted by atomic mass is 9.89. The Labute approximate surface area is 156 Å². The molecule has 0 bridgehead atoms. The van der Waals surface area contributed by atoms with Gasteiger partial charge in [0.2, 0.25) is 0 Å². The topological polar surface area (TPSA) is 56.9 Å². The van der Waals surface area contributed by atoms with Gasteiger partial charge in [0.15, 0.2) is 0 Å². The van der Waals surface area contributed by atoms with Crippen molar-refractivity contribution < 1.29 is 13.6 Å². The molecule has 0 fully saturated rings. The summed E-state index contributed by atoms with van der Waals surface area (Å²) in [6, 6.07) is 9.73. The van der Waals surface area contributed by atoms with E-state index in [1.165, 1.54) is 12.1 Å². The van der Waals surface area contributed by atoms with Crippen LogP contribution in [-0.4, -0.2) is 23.5 Å². The Kier molecular flexibility index (Phi) is 4.34. The highest BCUT2D eigenvalue weighted by Gasteiger charge is 2.32. The fourth-order valence-corrected chi connectivity index (χ4v) is 3.97. The summed E-state index contributed by atoms with van der Waals surface area (Å²) in [5.74, 6) is -0.780. The zero-order chi connectivity index (χ0) is 19.1. The fourth-order valence-electron chi connectivity index (χ4n) is 3.97. The molecule has 4 nitrogen and oxygen atoms in total. The largest absolute Gasteiger partial charge is 0.379 e. The van der Waals surface area contributed by atoms with Crippen LogP contribution in [0.5, 0.6) is 0 Å². The number of para-hydroxylation sites is 1. The molecule has 1 aromatic heterocycles. The van der Waals surface area contributed by atoms with Gasteiger partial charge >= 0.3 is 0 Å². The van der Waals surface area contributed by atoms with Gasteiger partial charge in [-0.2, -0.15) is 0 Å². The molecule has 2 heterocycles. The van der Waals surface area contributed by atoms with Crippen molar-refractivity contribution in [2.75, 3.05) is 11.9 Å². The minimum Gasteiger partial charge on any atom is -0.379 e. The highest BCUT2D eigenvalue weighted by Crippen LogP contribution is 2.41. The number of aromatic nitrogens is 1. The molecule has 1 aliphatic rings. The Bertz CT molecular complexity index is 1030. The number of aromatic amines is 1. The second-order valence-electron chi connectivity index (χ2n) is 7.12. The molecule has 2 aromatic carbocycles. The number of hydrogen-bond donors (Lipinski definition) is 3. The predicted octanol–water partition coefficient (Wildman–Crippen LogP) is 4.47. The number of halogens is 2. The monoisotopic (exact) mass is 369 g/mol. The van der Waals surface area contributed by atoms with Crippen LogP contribution < -0.4 is 10.6 Å². The molecule has 2 unspecified atom stereocenters. The van der Waals surface area contributed by atoms with E-state index in [9.17, 15) is 13.6 Å². The zero-order valence-corrected chi connectivity index (χ0v) is 15.2. The van der Waals surface area contributed by atoms with Crippen LogP contribution in [0.25, 0.3) is 10.9 Å². The highest BCUT2D eigenvalue weighted by molar-refractivity contribution is 5.98. The van der Waals surface area contributed by atoms with Crippen LogP contribution in [-0.2, 0) is 0 Å². The summed E-state index contributed by atoms with van der Waals surface area (Å²) in [5, 5.41) is 6.75. The summed E-state index contributed by atoms with van der Waals surface area (Å²) in [4.78, 5) is 15.2. The van der Waals surface area contributed by atoms with Crippen LogP contribution in [0.15, 0.2) is 36.4 Å². The number of rotatable bonds is 4. The van der Waals surface area contributed by atoms with E-state index in [4.69, 9.17) is 0 Å². The highest BCUT2D eigenvalue weighted by atomic mass is 19.1. The van der Waals surface area contributed by atoms with Crippen LogP contribution in [0.4, 0.5) is 14.5 Å². The third kappa shape index (κ3) is 3.05. The van der Waals surface area contributed by atoms with Crippen molar-refractivity contribution in [3.8, 4) is 0 Å². The van der Waals surface area contributed by atoms with Crippen molar-refractivity contribution in [1.29, 1.82) is 0 Å². The molecule has 1 aliphatic heterocycles. The number of benzene rings is 2. The Balaban J connectivity index is 1.45. The summed E-state index contributed by atoms with van der Waals surface area (Å²) in [7, 11) is 0. The molecule has 0 saturated carbocycles. The number of amides is 1. The lowest BCUT2D eigenvalue weighted by Gasteiger charge is -2.17. The summed E-state index contributed by atoms with van der Waals surface area (Å²) in [6.07, 6.45) is 0.686. The van der Waals surface area contributed by atoms with E-state index in [1.54, 1.807) is 24.3 Å². The maximum Gasteiger partial charge on any atom is 0.267 e. The zero-order valence-electron chi connectivity index (χ0n) is 15.2. The number of aryl methyl sites for hydroxylation is 1. The molecule has 140 valence electrons. The molecule has 4 rings (SSSR count). The van der Waals surface area contributed by atoms with Crippen molar-refractivity contribution >= 4 is 22.5 Å². The van der Waals surface area contributed by atoms with Gasteiger partial charge in [0.1, 0.15) is 17.3 Å².